The van der Waals surface area contributed by atoms with Crippen molar-refractivity contribution in [3.8, 4) is 0 Å². The van der Waals surface area contributed by atoms with Gasteiger partial charge in [0.2, 0.25) is 0 Å². The van der Waals surface area contributed by atoms with E-state index in [4.69, 9.17) is 15.2 Å². The standard InChI is InChI=1S/C16H20N2O3/c1-20-8-9-21-7-6-18-16(19)14-10-12-4-2-3-5-13(12)11-15(14)17/h2-5,10-11H,6-9,17H2,1H3,(H,18,19). The van der Waals surface area contributed by atoms with Crippen molar-refractivity contribution in [3.63, 3.8) is 0 Å². The van der Waals surface area contributed by atoms with Crippen molar-refractivity contribution in [2.75, 3.05) is 39.2 Å². The molecule has 5 nitrogen and oxygen atoms in total. The van der Waals surface area contributed by atoms with Crippen LogP contribution in [-0.4, -0.2) is 39.4 Å². The van der Waals surface area contributed by atoms with E-state index in [2.05, 4.69) is 5.32 Å². The van der Waals surface area contributed by atoms with Gasteiger partial charge in [-0.2, -0.15) is 0 Å². The van der Waals surface area contributed by atoms with Crippen LogP contribution >= 0.6 is 0 Å². The fourth-order valence-electron chi connectivity index (χ4n) is 2.03. The average Bonchev–Trinajstić information content (AvgIpc) is 2.49. The zero-order valence-corrected chi connectivity index (χ0v) is 12.1. The molecular formula is C16H20N2O3. The minimum Gasteiger partial charge on any atom is -0.398 e. The molecular weight excluding hydrogens is 268 g/mol. The Bertz CT molecular complexity index is 613. The van der Waals surface area contributed by atoms with Gasteiger partial charge in [-0.15, -0.1) is 0 Å². The Morgan fingerprint density at radius 3 is 2.57 bits per heavy atom. The van der Waals surface area contributed by atoms with Crippen molar-refractivity contribution in [2.45, 2.75) is 0 Å². The number of nitrogens with two attached hydrogens (primary N) is 1. The second kappa shape index (κ2) is 7.61. The van der Waals surface area contributed by atoms with E-state index in [1.807, 2.05) is 36.4 Å². The number of methoxy groups -OCH3 is 1. The number of benzene rings is 2. The number of rotatable bonds is 7. The summed E-state index contributed by atoms with van der Waals surface area (Å²) in [5.41, 5.74) is 6.92. The van der Waals surface area contributed by atoms with Crippen LogP contribution in [-0.2, 0) is 9.47 Å². The summed E-state index contributed by atoms with van der Waals surface area (Å²) in [6.45, 7) is 1.95. The largest absolute Gasteiger partial charge is 0.398 e. The van der Waals surface area contributed by atoms with Gasteiger partial charge in [0, 0.05) is 19.3 Å². The van der Waals surface area contributed by atoms with Crippen LogP contribution in [0.15, 0.2) is 36.4 Å². The predicted octanol–water partition coefficient (Wildman–Crippen LogP) is 1.81. The van der Waals surface area contributed by atoms with Gasteiger partial charge in [-0.25, -0.2) is 0 Å². The molecule has 0 aliphatic carbocycles. The Morgan fingerprint density at radius 1 is 1.14 bits per heavy atom. The smallest absolute Gasteiger partial charge is 0.253 e. The van der Waals surface area contributed by atoms with Crippen LogP contribution in [0.2, 0.25) is 0 Å². The summed E-state index contributed by atoms with van der Waals surface area (Å²) in [6, 6.07) is 11.4. The maximum absolute atomic E-state index is 12.1. The highest BCUT2D eigenvalue weighted by Crippen LogP contribution is 2.21. The normalized spacial score (nSPS) is 10.7. The number of anilines is 1. The van der Waals surface area contributed by atoms with Gasteiger partial charge in [0.15, 0.2) is 0 Å². The number of carbonyl (C=O) groups is 1. The average molecular weight is 288 g/mol. The van der Waals surface area contributed by atoms with Crippen LogP contribution in [0.5, 0.6) is 0 Å². The molecule has 3 N–H and O–H groups in total. The van der Waals surface area contributed by atoms with Crippen molar-refractivity contribution < 1.29 is 14.3 Å². The summed E-state index contributed by atoms with van der Waals surface area (Å²) in [7, 11) is 1.62. The summed E-state index contributed by atoms with van der Waals surface area (Å²) < 4.78 is 10.2. The van der Waals surface area contributed by atoms with E-state index in [0.717, 1.165) is 10.8 Å². The van der Waals surface area contributed by atoms with E-state index in [1.165, 1.54) is 0 Å². The first-order valence-corrected chi connectivity index (χ1v) is 6.85. The first-order valence-electron chi connectivity index (χ1n) is 6.85. The van der Waals surface area contributed by atoms with E-state index < -0.39 is 0 Å². The molecule has 0 aromatic heterocycles. The lowest BCUT2D eigenvalue weighted by atomic mass is 10.0. The third-order valence-corrected chi connectivity index (χ3v) is 3.13. The van der Waals surface area contributed by atoms with Gasteiger partial charge in [0.25, 0.3) is 5.91 Å². The Hall–Kier alpha value is -2.11. The molecule has 0 unspecified atom stereocenters. The summed E-state index contributed by atoms with van der Waals surface area (Å²) in [6.07, 6.45) is 0. The Morgan fingerprint density at radius 2 is 1.86 bits per heavy atom. The molecule has 0 atom stereocenters. The quantitative estimate of drug-likeness (QED) is 0.602. The highest BCUT2D eigenvalue weighted by molar-refractivity contribution is 6.03. The van der Waals surface area contributed by atoms with E-state index in [0.29, 0.717) is 37.6 Å². The zero-order chi connectivity index (χ0) is 15.1. The molecule has 112 valence electrons. The number of carbonyl (C=O) groups excluding carboxylic acids is 1. The lowest BCUT2D eigenvalue weighted by Crippen LogP contribution is -2.28. The number of amides is 1. The second-order valence-electron chi connectivity index (χ2n) is 4.65. The molecule has 0 spiro atoms. The summed E-state index contributed by atoms with van der Waals surface area (Å²) in [4.78, 5) is 12.1. The van der Waals surface area contributed by atoms with Crippen molar-refractivity contribution in [1.82, 2.24) is 5.32 Å². The molecule has 0 heterocycles. The number of nitrogen functional groups attached to an aromatic ring is 1. The fourth-order valence-corrected chi connectivity index (χ4v) is 2.03. The monoisotopic (exact) mass is 288 g/mol. The van der Waals surface area contributed by atoms with Crippen LogP contribution < -0.4 is 11.1 Å². The van der Waals surface area contributed by atoms with Crippen LogP contribution in [0.4, 0.5) is 5.69 Å². The second-order valence-corrected chi connectivity index (χ2v) is 4.65. The number of hydrogen-bond donors (Lipinski definition) is 2. The van der Waals surface area contributed by atoms with E-state index in [1.54, 1.807) is 7.11 Å². The Kier molecular flexibility index (Phi) is 5.54. The SMILES string of the molecule is COCCOCCNC(=O)c1cc2ccccc2cc1N. The molecule has 2 rings (SSSR count). The van der Waals surface area contributed by atoms with Crippen LogP contribution in [0, 0.1) is 0 Å². The van der Waals surface area contributed by atoms with Gasteiger partial charge in [-0.3, -0.25) is 4.79 Å². The molecule has 1 amide bonds. The van der Waals surface area contributed by atoms with Crippen LogP contribution in [0.25, 0.3) is 10.8 Å². The molecule has 2 aromatic rings. The Balaban J connectivity index is 1.94. The first kappa shape index (κ1) is 15.3. The molecule has 0 radical (unpaired) electrons. The van der Waals surface area contributed by atoms with Gasteiger partial charge in [-0.05, 0) is 22.9 Å². The van der Waals surface area contributed by atoms with Crippen molar-refractivity contribution in [1.29, 1.82) is 0 Å². The molecule has 0 saturated carbocycles. The van der Waals surface area contributed by atoms with Crippen molar-refractivity contribution >= 4 is 22.4 Å². The molecule has 21 heavy (non-hydrogen) atoms. The molecule has 2 aromatic carbocycles. The third-order valence-electron chi connectivity index (χ3n) is 3.13. The molecule has 0 bridgehead atoms. The minimum absolute atomic E-state index is 0.186. The number of fused-ring (bicyclic) bond motifs is 1. The molecule has 0 fully saturated rings. The van der Waals surface area contributed by atoms with Gasteiger partial charge < -0.3 is 20.5 Å². The molecule has 0 aliphatic rings. The number of ether oxygens (including phenoxy) is 2. The van der Waals surface area contributed by atoms with E-state index in [-0.39, 0.29) is 5.91 Å². The summed E-state index contributed by atoms with van der Waals surface area (Å²) in [5, 5.41) is 4.81. The van der Waals surface area contributed by atoms with Gasteiger partial charge >= 0.3 is 0 Å². The zero-order valence-electron chi connectivity index (χ0n) is 12.1. The highest BCUT2D eigenvalue weighted by Gasteiger charge is 2.10. The summed E-state index contributed by atoms with van der Waals surface area (Å²) >= 11 is 0. The van der Waals surface area contributed by atoms with Crippen molar-refractivity contribution in [2.24, 2.45) is 0 Å². The first-order chi connectivity index (χ1) is 10.2. The topological polar surface area (TPSA) is 73.6 Å². The lowest BCUT2D eigenvalue weighted by Gasteiger charge is -2.09. The molecule has 5 heteroatoms. The molecule has 0 aliphatic heterocycles. The maximum atomic E-state index is 12.1. The van der Waals surface area contributed by atoms with Crippen LogP contribution in [0.1, 0.15) is 10.4 Å². The Labute approximate surface area is 124 Å². The molecule has 0 saturated heterocycles. The predicted molar refractivity (Wildman–Crippen MR) is 83.4 cm³/mol. The van der Waals surface area contributed by atoms with Gasteiger partial charge in [0.05, 0.1) is 25.4 Å². The third kappa shape index (κ3) is 4.18. The number of hydrogen-bond acceptors (Lipinski definition) is 4. The van der Waals surface area contributed by atoms with Gasteiger partial charge in [-0.1, -0.05) is 24.3 Å². The summed E-state index contributed by atoms with van der Waals surface area (Å²) in [5.74, 6) is -0.186. The van der Waals surface area contributed by atoms with Crippen molar-refractivity contribution in [3.05, 3.63) is 42.0 Å². The highest BCUT2D eigenvalue weighted by atomic mass is 16.5. The van der Waals surface area contributed by atoms with Gasteiger partial charge in [0.1, 0.15) is 0 Å². The fraction of sp³-hybridized carbons (Fsp3) is 0.312. The lowest BCUT2D eigenvalue weighted by molar-refractivity contribution is 0.0693. The van der Waals surface area contributed by atoms with E-state index >= 15 is 0 Å². The van der Waals surface area contributed by atoms with Crippen LogP contribution in [0.3, 0.4) is 0 Å². The number of nitrogens with one attached hydrogen (secondary N) is 1. The van der Waals surface area contributed by atoms with E-state index in [9.17, 15) is 4.79 Å². The minimum atomic E-state index is -0.186. The maximum Gasteiger partial charge on any atom is 0.253 e.